The summed E-state index contributed by atoms with van der Waals surface area (Å²) in [5.74, 6) is -1.05. The maximum absolute atomic E-state index is 13.4. The zero-order valence-electron chi connectivity index (χ0n) is 9.60. The van der Waals surface area contributed by atoms with Gasteiger partial charge in [-0.15, -0.1) is 0 Å². The standard InChI is InChI=1S/C12H12FNO4/c13-11-4-3-9(14(16)17)7-10(11)12(15)18-6-5-8-1-2-8/h3-4,7-8H,1-2,5-6H2. The van der Waals surface area contributed by atoms with Gasteiger partial charge in [-0.3, -0.25) is 10.1 Å². The Labute approximate surface area is 103 Å². The molecule has 1 fully saturated rings. The fourth-order valence-corrected chi connectivity index (χ4v) is 1.59. The summed E-state index contributed by atoms with van der Waals surface area (Å²) in [7, 11) is 0. The Balaban J connectivity index is 2.02. The number of benzene rings is 1. The first-order chi connectivity index (χ1) is 8.58. The van der Waals surface area contributed by atoms with Crippen LogP contribution in [0.4, 0.5) is 10.1 Å². The van der Waals surface area contributed by atoms with Gasteiger partial charge in [-0.2, -0.15) is 0 Å². The molecule has 5 nitrogen and oxygen atoms in total. The van der Waals surface area contributed by atoms with Crippen LogP contribution in [-0.4, -0.2) is 17.5 Å². The number of hydrogen-bond donors (Lipinski definition) is 0. The Kier molecular flexibility index (Phi) is 3.55. The highest BCUT2D eigenvalue weighted by Gasteiger charge is 2.22. The Morgan fingerprint density at radius 2 is 2.22 bits per heavy atom. The summed E-state index contributed by atoms with van der Waals surface area (Å²) in [6.07, 6.45) is 3.05. The molecule has 0 amide bonds. The van der Waals surface area contributed by atoms with E-state index in [1.54, 1.807) is 0 Å². The molecule has 0 aliphatic heterocycles. The van der Waals surface area contributed by atoms with Crippen molar-refractivity contribution >= 4 is 11.7 Å². The van der Waals surface area contributed by atoms with E-state index in [2.05, 4.69) is 0 Å². The average Bonchev–Trinajstić information content (AvgIpc) is 3.13. The van der Waals surface area contributed by atoms with E-state index in [1.165, 1.54) is 0 Å². The van der Waals surface area contributed by atoms with Gasteiger partial charge < -0.3 is 4.74 Å². The lowest BCUT2D eigenvalue weighted by Gasteiger charge is -2.05. The first kappa shape index (κ1) is 12.5. The molecule has 96 valence electrons. The van der Waals surface area contributed by atoms with Crippen molar-refractivity contribution < 1.29 is 18.8 Å². The minimum absolute atomic E-state index is 0.228. The number of nitro groups is 1. The summed E-state index contributed by atoms with van der Waals surface area (Å²) in [6.45, 7) is 0.228. The maximum atomic E-state index is 13.4. The van der Waals surface area contributed by atoms with Crippen LogP contribution < -0.4 is 0 Å². The van der Waals surface area contributed by atoms with Gasteiger partial charge in [0, 0.05) is 12.1 Å². The number of ether oxygens (including phenoxy) is 1. The molecule has 2 rings (SSSR count). The lowest BCUT2D eigenvalue weighted by atomic mass is 10.2. The van der Waals surface area contributed by atoms with Gasteiger partial charge in [0.15, 0.2) is 0 Å². The van der Waals surface area contributed by atoms with Crippen molar-refractivity contribution in [3.05, 3.63) is 39.7 Å². The summed E-state index contributed by atoms with van der Waals surface area (Å²) in [6, 6.07) is 2.81. The minimum Gasteiger partial charge on any atom is -0.462 e. The van der Waals surface area contributed by atoms with Crippen molar-refractivity contribution in [2.45, 2.75) is 19.3 Å². The highest BCUT2D eigenvalue weighted by atomic mass is 19.1. The topological polar surface area (TPSA) is 69.4 Å². The van der Waals surface area contributed by atoms with E-state index >= 15 is 0 Å². The molecule has 0 unspecified atom stereocenters. The highest BCUT2D eigenvalue weighted by molar-refractivity contribution is 5.90. The molecule has 0 bridgehead atoms. The normalized spacial score (nSPS) is 14.3. The third kappa shape index (κ3) is 3.03. The first-order valence-corrected chi connectivity index (χ1v) is 5.69. The van der Waals surface area contributed by atoms with E-state index in [4.69, 9.17) is 4.74 Å². The largest absolute Gasteiger partial charge is 0.462 e. The zero-order chi connectivity index (χ0) is 13.1. The first-order valence-electron chi connectivity index (χ1n) is 5.69. The van der Waals surface area contributed by atoms with Crippen molar-refractivity contribution in [2.24, 2.45) is 5.92 Å². The Morgan fingerprint density at radius 3 is 2.83 bits per heavy atom. The van der Waals surface area contributed by atoms with Crippen molar-refractivity contribution in [2.75, 3.05) is 6.61 Å². The number of esters is 1. The lowest BCUT2D eigenvalue weighted by molar-refractivity contribution is -0.384. The van der Waals surface area contributed by atoms with E-state index in [0.29, 0.717) is 5.92 Å². The molecule has 1 aromatic rings. The summed E-state index contributed by atoms with van der Waals surface area (Å²) in [4.78, 5) is 21.4. The van der Waals surface area contributed by atoms with Gasteiger partial charge >= 0.3 is 5.97 Å². The van der Waals surface area contributed by atoms with Gasteiger partial charge in [0.1, 0.15) is 11.4 Å². The van der Waals surface area contributed by atoms with E-state index < -0.39 is 16.7 Å². The van der Waals surface area contributed by atoms with Crippen LogP contribution in [0.5, 0.6) is 0 Å². The van der Waals surface area contributed by atoms with E-state index in [0.717, 1.165) is 37.5 Å². The number of halogens is 1. The second-order valence-corrected chi connectivity index (χ2v) is 4.29. The van der Waals surface area contributed by atoms with E-state index in [-0.39, 0.29) is 17.9 Å². The molecule has 1 aliphatic rings. The van der Waals surface area contributed by atoms with E-state index in [1.807, 2.05) is 0 Å². The monoisotopic (exact) mass is 253 g/mol. The van der Waals surface area contributed by atoms with Crippen molar-refractivity contribution in [1.82, 2.24) is 0 Å². The Hall–Kier alpha value is -1.98. The molecule has 0 N–H and O–H groups in total. The van der Waals surface area contributed by atoms with Gasteiger partial charge in [-0.25, -0.2) is 9.18 Å². The molecule has 0 saturated heterocycles. The van der Waals surface area contributed by atoms with Crippen LogP contribution in [0.25, 0.3) is 0 Å². The Morgan fingerprint density at radius 1 is 1.50 bits per heavy atom. The third-order valence-electron chi connectivity index (χ3n) is 2.84. The number of nitrogens with zero attached hydrogens (tertiary/aromatic N) is 1. The van der Waals surface area contributed by atoms with Crippen molar-refractivity contribution in [3.8, 4) is 0 Å². The van der Waals surface area contributed by atoms with Crippen LogP contribution in [0.2, 0.25) is 0 Å². The Bertz CT molecular complexity index is 485. The third-order valence-corrected chi connectivity index (χ3v) is 2.84. The summed E-state index contributed by atoms with van der Waals surface area (Å²) in [5, 5.41) is 10.5. The van der Waals surface area contributed by atoms with Crippen molar-refractivity contribution in [1.29, 1.82) is 0 Å². The highest BCUT2D eigenvalue weighted by Crippen LogP contribution is 2.32. The van der Waals surface area contributed by atoms with Crippen molar-refractivity contribution in [3.63, 3.8) is 0 Å². The number of hydrogen-bond acceptors (Lipinski definition) is 4. The molecule has 1 aliphatic carbocycles. The number of nitro benzene ring substituents is 1. The molecule has 0 heterocycles. The molecule has 1 aromatic carbocycles. The molecular weight excluding hydrogens is 241 g/mol. The van der Waals surface area contributed by atoms with Crippen LogP contribution in [0.3, 0.4) is 0 Å². The number of carbonyl (C=O) groups is 1. The summed E-state index contributed by atoms with van der Waals surface area (Å²) >= 11 is 0. The quantitative estimate of drug-likeness (QED) is 0.459. The molecule has 0 spiro atoms. The van der Waals surface area contributed by atoms with Crippen LogP contribution >= 0.6 is 0 Å². The second kappa shape index (κ2) is 5.12. The number of non-ortho nitro benzene ring substituents is 1. The van der Waals surface area contributed by atoms with Gasteiger partial charge in [0.2, 0.25) is 0 Å². The fourth-order valence-electron chi connectivity index (χ4n) is 1.59. The molecule has 18 heavy (non-hydrogen) atoms. The zero-order valence-corrected chi connectivity index (χ0v) is 9.60. The number of rotatable bonds is 5. The molecule has 0 radical (unpaired) electrons. The maximum Gasteiger partial charge on any atom is 0.341 e. The van der Waals surface area contributed by atoms with Crippen LogP contribution in [-0.2, 0) is 4.74 Å². The van der Waals surface area contributed by atoms with Gasteiger partial charge in [0.25, 0.3) is 5.69 Å². The van der Waals surface area contributed by atoms with Crippen LogP contribution in [0, 0.1) is 21.8 Å². The molecule has 0 aromatic heterocycles. The second-order valence-electron chi connectivity index (χ2n) is 4.29. The molecular formula is C12H12FNO4. The van der Waals surface area contributed by atoms with Gasteiger partial charge in [0.05, 0.1) is 11.5 Å². The van der Waals surface area contributed by atoms with Gasteiger partial charge in [-0.1, -0.05) is 12.8 Å². The minimum atomic E-state index is -0.850. The summed E-state index contributed by atoms with van der Waals surface area (Å²) < 4.78 is 18.3. The lowest BCUT2D eigenvalue weighted by Crippen LogP contribution is -2.09. The molecule has 6 heteroatoms. The fraction of sp³-hybridized carbons (Fsp3) is 0.417. The molecule has 0 atom stereocenters. The SMILES string of the molecule is O=C(OCCC1CC1)c1cc([N+](=O)[O-])ccc1F. The van der Waals surface area contributed by atoms with Gasteiger partial charge in [-0.05, 0) is 18.4 Å². The average molecular weight is 253 g/mol. The number of carbonyl (C=O) groups excluding carboxylic acids is 1. The summed E-state index contributed by atoms with van der Waals surface area (Å²) in [5.41, 5.74) is -0.717. The molecule has 1 saturated carbocycles. The predicted octanol–water partition coefficient (Wildman–Crippen LogP) is 2.69. The van der Waals surface area contributed by atoms with E-state index in [9.17, 15) is 19.3 Å². The van der Waals surface area contributed by atoms with Crippen LogP contribution in [0.15, 0.2) is 18.2 Å². The smallest absolute Gasteiger partial charge is 0.341 e. The van der Waals surface area contributed by atoms with Crippen LogP contribution in [0.1, 0.15) is 29.6 Å². The predicted molar refractivity (Wildman–Crippen MR) is 60.7 cm³/mol.